The van der Waals surface area contributed by atoms with Crippen molar-refractivity contribution in [3.8, 4) is 10.6 Å². The molecule has 4 atom stereocenters. The summed E-state index contributed by atoms with van der Waals surface area (Å²) in [5, 5.41) is 0.599. The van der Waals surface area contributed by atoms with E-state index in [1.54, 1.807) is 24.3 Å². The summed E-state index contributed by atoms with van der Waals surface area (Å²) in [6, 6.07) is 14.6. The van der Waals surface area contributed by atoms with Gasteiger partial charge in [0.05, 0.1) is 37.2 Å². The number of carbonyl (C=O) groups excluding carboxylic acids is 4. The number of ether oxygens (including phenoxy) is 4. The molecule has 5 rings (SSSR count). The van der Waals surface area contributed by atoms with Crippen LogP contribution in [0.1, 0.15) is 36.0 Å². The van der Waals surface area contributed by atoms with Crippen LogP contribution in [0.5, 0.6) is 0 Å². The number of aromatic nitrogens is 1. The summed E-state index contributed by atoms with van der Waals surface area (Å²) < 4.78 is 24.8. The number of nitrogens with zero attached hydrogens (tertiary/aromatic N) is 1. The Labute approximate surface area is 267 Å². The molecule has 2 aromatic carbocycles. The average Bonchev–Trinajstić information content (AvgIpc) is 3.51. The second kappa shape index (κ2) is 13.1. The van der Waals surface area contributed by atoms with E-state index in [-0.39, 0.29) is 18.1 Å². The van der Waals surface area contributed by atoms with Crippen LogP contribution in [0.25, 0.3) is 20.8 Å². The van der Waals surface area contributed by atoms with Gasteiger partial charge in [-0.25, -0.2) is 4.98 Å². The highest BCUT2D eigenvalue weighted by atomic mass is 79.9. The minimum absolute atomic E-state index is 0.130. The largest absolute Gasteiger partial charge is 0.456 e. The monoisotopic (exact) mass is 704 g/mol. The lowest BCUT2D eigenvalue weighted by molar-refractivity contribution is -0.213. The number of benzene rings is 2. The SMILES string of the molecule is CC(=O)O[C@@H]1[C@@H](OC(C)=O)[C@H](Sc2sc(C(=O)c3ccc(Br)cc3)c(N)c2-c2nc3ccccc3s2)OC[C@H]1OC(C)=O. The number of thioether (sulfide) groups is 1. The molecule has 0 unspecified atom stereocenters. The number of rotatable bonds is 8. The average molecular weight is 706 g/mol. The number of carbonyl (C=O) groups is 4. The molecule has 10 nitrogen and oxygen atoms in total. The maximum atomic E-state index is 13.7. The lowest BCUT2D eigenvalue weighted by Crippen LogP contribution is -2.56. The molecule has 3 heterocycles. The Hall–Kier alpha value is -3.30. The number of para-hydroxylation sites is 1. The first-order chi connectivity index (χ1) is 20.5. The molecule has 1 aliphatic rings. The van der Waals surface area contributed by atoms with Crippen LogP contribution in [0.3, 0.4) is 0 Å². The molecule has 1 saturated heterocycles. The van der Waals surface area contributed by atoms with Crippen molar-refractivity contribution in [2.45, 2.75) is 48.7 Å². The van der Waals surface area contributed by atoms with Gasteiger partial charge in [0.25, 0.3) is 0 Å². The van der Waals surface area contributed by atoms with E-state index in [1.165, 1.54) is 43.4 Å². The first-order valence-corrected chi connectivity index (χ1v) is 16.2. The van der Waals surface area contributed by atoms with Crippen LogP contribution < -0.4 is 5.73 Å². The van der Waals surface area contributed by atoms with Crippen molar-refractivity contribution < 1.29 is 38.1 Å². The molecule has 0 saturated carbocycles. The molecule has 4 aromatic rings. The molecule has 0 radical (unpaired) electrons. The normalized spacial score (nSPS) is 20.0. The number of ketones is 1. The summed E-state index contributed by atoms with van der Waals surface area (Å²) in [5.41, 5.74) is 7.82. The molecular formula is C29H25BrN2O8S3. The molecule has 43 heavy (non-hydrogen) atoms. The quantitative estimate of drug-likeness (QED) is 0.134. The molecule has 1 fully saturated rings. The molecule has 0 bridgehead atoms. The highest BCUT2D eigenvalue weighted by Gasteiger charge is 2.48. The molecule has 2 aromatic heterocycles. The van der Waals surface area contributed by atoms with E-state index in [4.69, 9.17) is 29.7 Å². The van der Waals surface area contributed by atoms with Crippen molar-refractivity contribution in [1.82, 2.24) is 4.98 Å². The molecule has 2 N–H and O–H groups in total. The van der Waals surface area contributed by atoms with E-state index in [2.05, 4.69) is 15.9 Å². The molecule has 14 heteroatoms. The minimum Gasteiger partial charge on any atom is -0.456 e. The standard InChI is InChI=1S/C29H25BrN2O8S3/c1-13(33)38-19-12-37-28(25(40-15(3)35)24(19)39-14(2)34)43-29-21(27-32-18-6-4-5-7-20(18)41-27)22(31)26(42-29)23(36)16-8-10-17(30)11-9-16/h4-11,19,24-25,28H,12,31H2,1-3H3/t19-,24+,25-,28+/m1/s1. The first kappa shape index (κ1) is 31.1. The highest BCUT2D eigenvalue weighted by Crippen LogP contribution is 2.50. The van der Waals surface area contributed by atoms with Crippen LogP contribution in [-0.2, 0) is 33.3 Å². The van der Waals surface area contributed by atoms with Crippen LogP contribution in [0.15, 0.2) is 57.2 Å². The number of halogens is 1. The smallest absolute Gasteiger partial charge is 0.303 e. The van der Waals surface area contributed by atoms with Gasteiger partial charge in [-0.2, -0.15) is 0 Å². The Morgan fingerprint density at radius 1 is 0.930 bits per heavy atom. The van der Waals surface area contributed by atoms with E-state index < -0.39 is 41.7 Å². The van der Waals surface area contributed by atoms with Crippen molar-refractivity contribution in [3.63, 3.8) is 0 Å². The molecule has 0 spiro atoms. The third kappa shape index (κ3) is 6.93. The summed E-state index contributed by atoms with van der Waals surface area (Å²) in [7, 11) is 0. The van der Waals surface area contributed by atoms with Gasteiger partial charge in [-0.05, 0) is 36.4 Å². The summed E-state index contributed by atoms with van der Waals surface area (Å²) in [5.74, 6) is -2.18. The molecule has 0 amide bonds. The van der Waals surface area contributed by atoms with E-state index in [1.807, 2.05) is 24.3 Å². The van der Waals surface area contributed by atoms with Crippen molar-refractivity contribution in [1.29, 1.82) is 0 Å². The van der Waals surface area contributed by atoms with E-state index in [0.29, 0.717) is 25.2 Å². The number of nitrogens with two attached hydrogens (primary N) is 1. The summed E-state index contributed by atoms with van der Waals surface area (Å²) >= 11 is 7.14. The van der Waals surface area contributed by atoms with E-state index in [9.17, 15) is 19.2 Å². The second-order valence-corrected chi connectivity index (χ2v) is 13.8. The molecule has 0 aliphatic carbocycles. The zero-order valence-electron chi connectivity index (χ0n) is 23.0. The third-order valence-corrected chi connectivity index (χ3v) is 10.4. The van der Waals surface area contributed by atoms with Crippen molar-refractivity contribution in [2.75, 3.05) is 12.3 Å². The van der Waals surface area contributed by atoms with Gasteiger partial charge in [-0.3, -0.25) is 19.2 Å². The number of hydrogen-bond acceptors (Lipinski definition) is 13. The summed E-state index contributed by atoms with van der Waals surface area (Å²) in [4.78, 5) is 54.7. The van der Waals surface area contributed by atoms with Gasteiger partial charge in [0.2, 0.25) is 5.78 Å². The van der Waals surface area contributed by atoms with Crippen molar-refractivity contribution in [2.24, 2.45) is 0 Å². The number of hydrogen-bond donors (Lipinski definition) is 1. The lowest BCUT2D eigenvalue weighted by atomic mass is 10.1. The van der Waals surface area contributed by atoms with Crippen LogP contribution in [0.4, 0.5) is 5.69 Å². The minimum atomic E-state index is -1.15. The lowest BCUT2D eigenvalue weighted by Gasteiger charge is -2.40. The van der Waals surface area contributed by atoms with Gasteiger partial charge in [0.1, 0.15) is 10.4 Å². The number of thiazole rings is 1. The zero-order valence-corrected chi connectivity index (χ0v) is 27.1. The Morgan fingerprint density at radius 3 is 2.23 bits per heavy atom. The van der Waals surface area contributed by atoms with Gasteiger partial charge in [0.15, 0.2) is 18.3 Å². The fraction of sp³-hybridized carbons (Fsp3) is 0.276. The summed E-state index contributed by atoms with van der Waals surface area (Å²) in [6.07, 6.45) is -3.29. The summed E-state index contributed by atoms with van der Waals surface area (Å²) in [6.45, 7) is 3.51. The number of anilines is 1. The van der Waals surface area contributed by atoms with Crippen LogP contribution in [0, 0.1) is 0 Å². The van der Waals surface area contributed by atoms with Gasteiger partial charge in [-0.1, -0.05) is 39.8 Å². The van der Waals surface area contributed by atoms with Gasteiger partial charge in [-0.15, -0.1) is 22.7 Å². The first-order valence-electron chi connectivity index (χ1n) is 12.9. The number of fused-ring (bicyclic) bond motifs is 1. The van der Waals surface area contributed by atoms with Crippen LogP contribution in [-0.4, -0.2) is 59.0 Å². The third-order valence-electron chi connectivity index (χ3n) is 6.26. The van der Waals surface area contributed by atoms with Crippen LogP contribution in [0.2, 0.25) is 0 Å². The van der Waals surface area contributed by atoms with Gasteiger partial charge < -0.3 is 24.7 Å². The van der Waals surface area contributed by atoms with Gasteiger partial charge >= 0.3 is 17.9 Å². The zero-order chi connectivity index (χ0) is 30.8. The van der Waals surface area contributed by atoms with E-state index in [0.717, 1.165) is 26.5 Å². The molecule has 224 valence electrons. The fourth-order valence-electron chi connectivity index (χ4n) is 4.50. The number of nitrogen functional groups attached to an aromatic ring is 1. The van der Waals surface area contributed by atoms with Crippen LogP contribution >= 0.6 is 50.4 Å². The predicted molar refractivity (Wildman–Crippen MR) is 167 cm³/mol. The van der Waals surface area contributed by atoms with Crippen molar-refractivity contribution in [3.05, 3.63) is 63.4 Å². The number of esters is 3. The van der Waals surface area contributed by atoms with E-state index >= 15 is 0 Å². The van der Waals surface area contributed by atoms with Gasteiger partial charge in [0, 0.05) is 30.8 Å². The Kier molecular flexibility index (Phi) is 9.51. The maximum absolute atomic E-state index is 13.7. The fourth-order valence-corrected chi connectivity index (χ4v) is 8.60. The topological polar surface area (TPSA) is 144 Å². The second-order valence-electron chi connectivity index (χ2n) is 9.45. The highest BCUT2D eigenvalue weighted by molar-refractivity contribution is 9.10. The van der Waals surface area contributed by atoms with Crippen molar-refractivity contribution >= 4 is 90.0 Å². The Bertz CT molecular complexity index is 1670. The maximum Gasteiger partial charge on any atom is 0.303 e. The Morgan fingerprint density at radius 2 is 1.58 bits per heavy atom. The molecule has 1 aliphatic heterocycles. The molecular weight excluding hydrogens is 680 g/mol. The predicted octanol–water partition coefficient (Wildman–Crippen LogP) is 5.84. The number of thiophene rings is 1. The Balaban J connectivity index is 1.59.